The van der Waals surface area contributed by atoms with E-state index in [2.05, 4.69) is 41.4 Å². The number of nitrogens with zero attached hydrogens (tertiary/aromatic N) is 2. The van der Waals surface area contributed by atoms with Crippen LogP contribution in [0.4, 0.5) is 0 Å². The second-order valence-electron chi connectivity index (χ2n) is 6.54. The second kappa shape index (κ2) is 5.74. The number of aromatic nitrogens is 1. The molecule has 0 radical (unpaired) electrons. The summed E-state index contributed by atoms with van der Waals surface area (Å²) in [7, 11) is 0. The van der Waals surface area contributed by atoms with Crippen LogP contribution in [0.5, 0.6) is 0 Å². The minimum atomic E-state index is 0.316. The van der Waals surface area contributed by atoms with Crippen LogP contribution < -0.4 is 5.32 Å². The van der Waals surface area contributed by atoms with Crippen molar-refractivity contribution in [2.45, 2.75) is 64.6 Å². The molecule has 4 heteroatoms. The first-order chi connectivity index (χ1) is 9.65. The molecular formula is C16H27N3S. The number of thiazole rings is 1. The molecule has 1 N–H and O–H groups in total. The molecule has 3 nitrogen and oxygen atoms in total. The van der Waals surface area contributed by atoms with Gasteiger partial charge in [0.05, 0.1) is 10.7 Å². The van der Waals surface area contributed by atoms with Gasteiger partial charge < -0.3 is 5.32 Å². The first-order valence-electron chi connectivity index (χ1n) is 8.06. The molecule has 1 saturated carbocycles. The zero-order valence-electron chi connectivity index (χ0n) is 13.0. The lowest BCUT2D eigenvalue weighted by Gasteiger charge is -2.47. The standard InChI is InChI=1S/C16H27N3S/c1-4-16(5-2)11-19(9-14-10-20-12(3)18-14)15(8-17-16)13-6-7-13/h10,13,15,17H,4-9,11H2,1-3H3. The average molecular weight is 293 g/mol. The van der Waals surface area contributed by atoms with Gasteiger partial charge in [0.15, 0.2) is 0 Å². The molecule has 2 heterocycles. The molecule has 0 amide bonds. The molecule has 1 unspecified atom stereocenters. The molecule has 1 aliphatic carbocycles. The van der Waals surface area contributed by atoms with E-state index in [1.54, 1.807) is 11.3 Å². The van der Waals surface area contributed by atoms with Crippen LogP contribution in [-0.4, -0.2) is 34.6 Å². The van der Waals surface area contributed by atoms with Gasteiger partial charge in [-0.3, -0.25) is 4.90 Å². The van der Waals surface area contributed by atoms with Crippen molar-refractivity contribution in [1.82, 2.24) is 15.2 Å². The highest BCUT2D eigenvalue weighted by Crippen LogP contribution is 2.38. The minimum absolute atomic E-state index is 0.316. The summed E-state index contributed by atoms with van der Waals surface area (Å²) in [6, 6.07) is 0.725. The Balaban J connectivity index is 1.74. The van der Waals surface area contributed by atoms with Crippen molar-refractivity contribution in [3.63, 3.8) is 0 Å². The van der Waals surface area contributed by atoms with Crippen molar-refractivity contribution in [2.75, 3.05) is 13.1 Å². The fraction of sp³-hybridized carbons (Fsp3) is 0.812. The van der Waals surface area contributed by atoms with Gasteiger partial charge in [-0.25, -0.2) is 4.98 Å². The Hall–Kier alpha value is -0.450. The topological polar surface area (TPSA) is 28.2 Å². The van der Waals surface area contributed by atoms with Gasteiger partial charge in [0.25, 0.3) is 0 Å². The zero-order chi connectivity index (χ0) is 14.2. The van der Waals surface area contributed by atoms with Crippen LogP contribution in [0.25, 0.3) is 0 Å². The third-order valence-corrected chi connectivity index (χ3v) is 6.03. The summed E-state index contributed by atoms with van der Waals surface area (Å²) >= 11 is 1.78. The molecule has 1 atom stereocenters. The summed E-state index contributed by atoms with van der Waals surface area (Å²) in [6.45, 7) is 10.1. The maximum absolute atomic E-state index is 4.67. The van der Waals surface area contributed by atoms with E-state index in [1.165, 1.54) is 42.9 Å². The van der Waals surface area contributed by atoms with Crippen molar-refractivity contribution in [1.29, 1.82) is 0 Å². The van der Waals surface area contributed by atoms with Gasteiger partial charge in [-0.15, -0.1) is 11.3 Å². The van der Waals surface area contributed by atoms with E-state index in [-0.39, 0.29) is 0 Å². The van der Waals surface area contributed by atoms with Crippen LogP contribution >= 0.6 is 11.3 Å². The Kier molecular flexibility index (Phi) is 4.16. The maximum atomic E-state index is 4.67. The van der Waals surface area contributed by atoms with Crippen LogP contribution in [0.15, 0.2) is 5.38 Å². The van der Waals surface area contributed by atoms with E-state index in [1.807, 2.05) is 0 Å². The van der Waals surface area contributed by atoms with Gasteiger partial charge in [-0.05, 0) is 38.5 Å². The molecule has 0 spiro atoms. The van der Waals surface area contributed by atoms with Gasteiger partial charge in [0.1, 0.15) is 0 Å². The molecule has 112 valence electrons. The first kappa shape index (κ1) is 14.5. The normalized spacial score (nSPS) is 26.9. The highest BCUT2D eigenvalue weighted by molar-refractivity contribution is 7.09. The van der Waals surface area contributed by atoms with E-state index in [9.17, 15) is 0 Å². The average Bonchev–Trinajstić information content (AvgIpc) is 3.22. The van der Waals surface area contributed by atoms with Crippen LogP contribution in [0.2, 0.25) is 0 Å². The highest BCUT2D eigenvalue weighted by Gasteiger charge is 2.43. The van der Waals surface area contributed by atoms with Gasteiger partial charge in [-0.1, -0.05) is 13.8 Å². The van der Waals surface area contributed by atoms with Crippen molar-refractivity contribution in [2.24, 2.45) is 5.92 Å². The van der Waals surface area contributed by atoms with Crippen molar-refractivity contribution >= 4 is 11.3 Å². The smallest absolute Gasteiger partial charge is 0.0897 e. The van der Waals surface area contributed by atoms with Crippen LogP contribution in [0, 0.1) is 12.8 Å². The van der Waals surface area contributed by atoms with Gasteiger partial charge in [0, 0.05) is 36.6 Å². The Bertz CT molecular complexity index is 448. The molecule has 2 fully saturated rings. The minimum Gasteiger partial charge on any atom is -0.308 e. The van der Waals surface area contributed by atoms with Gasteiger partial charge in [0.2, 0.25) is 0 Å². The molecule has 1 aliphatic heterocycles. The maximum Gasteiger partial charge on any atom is 0.0897 e. The van der Waals surface area contributed by atoms with Crippen LogP contribution in [0.1, 0.15) is 50.2 Å². The molecule has 0 aromatic carbocycles. The molecule has 20 heavy (non-hydrogen) atoms. The SMILES string of the molecule is CCC1(CC)CN(Cc2csc(C)n2)C(C2CC2)CN1. The lowest BCUT2D eigenvalue weighted by molar-refractivity contribution is 0.0549. The fourth-order valence-corrected chi connectivity index (χ4v) is 4.15. The Morgan fingerprint density at radius 1 is 1.40 bits per heavy atom. The number of aryl methyl sites for hydroxylation is 1. The predicted molar refractivity (Wildman–Crippen MR) is 85.1 cm³/mol. The monoisotopic (exact) mass is 293 g/mol. The first-order valence-corrected chi connectivity index (χ1v) is 8.94. The summed E-state index contributed by atoms with van der Waals surface area (Å²) in [6.07, 6.45) is 5.27. The number of piperazine rings is 1. The molecule has 0 bridgehead atoms. The molecule has 1 aromatic heterocycles. The van der Waals surface area contributed by atoms with Gasteiger partial charge in [-0.2, -0.15) is 0 Å². The van der Waals surface area contributed by atoms with Crippen LogP contribution in [-0.2, 0) is 6.54 Å². The largest absolute Gasteiger partial charge is 0.308 e. The summed E-state index contributed by atoms with van der Waals surface area (Å²) in [5.74, 6) is 0.925. The fourth-order valence-electron chi connectivity index (χ4n) is 3.54. The van der Waals surface area contributed by atoms with Gasteiger partial charge >= 0.3 is 0 Å². The number of hydrogen-bond donors (Lipinski definition) is 1. The van der Waals surface area contributed by atoms with Crippen molar-refractivity contribution in [3.05, 3.63) is 16.1 Å². The van der Waals surface area contributed by atoms with E-state index < -0.39 is 0 Å². The third kappa shape index (κ3) is 2.92. The highest BCUT2D eigenvalue weighted by atomic mass is 32.1. The number of nitrogens with one attached hydrogen (secondary N) is 1. The number of hydrogen-bond acceptors (Lipinski definition) is 4. The second-order valence-corrected chi connectivity index (χ2v) is 7.60. The zero-order valence-corrected chi connectivity index (χ0v) is 13.8. The molecule has 1 saturated heterocycles. The van der Waals surface area contributed by atoms with E-state index in [0.29, 0.717) is 5.54 Å². The van der Waals surface area contributed by atoms with Crippen molar-refractivity contribution < 1.29 is 0 Å². The molecule has 1 aromatic rings. The van der Waals surface area contributed by atoms with Crippen LogP contribution in [0.3, 0.4) is 0 Å². The van der Waals surface area contributed by atoms with E-state index in [0.717, 1.165) is 25.0 Å². The molecular weight excluding hydrogens is 266 g/mol. The molecule has 2 aliphatic rings. The Morgan fingerprint density at radius 3 is 2.70 bits per heavy atom. The van der Waals surface area contributed by atoms with E-state index >= 15 is 0 Å². The summed E-state index contributed by atoms with van der Waals surface area (Å²) < 4.78 is 0. The number of rotatable bonds is 5. The third-order valence-electron chi connectivity index (χ3n) is 5.21. The quantitative estimate of drug-likeness (QED) is 0.903. The lowest BCUT2D eigenvalue weighted by Crippen LogP contribution is -2.64. The summed E-state index contributed by atoms with van der Waals surface area (Å²) in [4.78, 5) is 7.39. The Labute approximate surface area is 126 Å². The summed E-state index contributed by atoms with van der Waals surface area (Å²) in [5.41, 5.74) is 1.58. The summed E-state index contributed by atoms with van der Waals surface area (Å²) in [5, 5.41) is 7.29. The Morgan fingerprint density at radius 2 is 2.15 bits per heavy atom. The van der Waals surface area contributed by atoms with Crippen molar-refractivity contribution in [3.8, 4) is 0 Å². The molecule has 3 rings (SSSR count). The lowest BCUT2D eigenvalue weighted by atomic mass is 9.87. The van der Waals surface area contributed by atoms with E-state index in [4.69, 9.17) is 0 Å². The predicted octanol–water partition coefficient (Wildman–Crippen LogP) is 3.19.